The number of thiol groups is 1. The first-order chi connectivity index (χ1) is 10.2. The molecule has 0 aliphatic carbocycles. The molecule has 0 saturated carbocycles. The van der Waals surface area contributed by atoms with E-state index in [2.05, 4.69) is 49.1 Å². The molecule has 22 heavy (non-hydrogen) atoms. The van der Waals surface area contributed by atoms with Crippen molar-refractivity contribution in [2.75, 3.05) is 12.3 Å². The number of aliphatic carboxylic acids is 2. The molecule has 0 saturated heterocycles. The van der Waals surface area contributed by atoms with Gasteiger partial charge in [-0.1, -0.05) is 0 Å². The number of nitrogens with two attached hydrogens (primary N) is 1. The second-order valence-corrected chi connectivity index (χ2v) is 5.94. The van der Waals surface area contributed by atoms with Crippen LogP contribution in [0.5, 0.6) is 0 Å². The Morgan fingerprint density at radius 3 is 2.36 bits per heavy atom. The van der Waals surface area contributed by atoms with E-state index in [0.29, 0.717) is 4.54 Å². The molecular weight excluding hydrogens is 444 g/mol. The Bertz CT molecular complexity index is 463. The van der Waals surface area contributed by atoms with Gasteiger partial charge in [0.15, 0.2) is 0 Å². The fourth-order valence-corrected chi connectivity index (χ4v) is 3.19. The van der Waals surface area contributed by atoms with Crippen LogP contribution in [0.2, 0.25) is 0 Å². The van der Waals surface area contributed by atoms with Gasteiger partial charge in [0.05, 0.1) is 0 Å². The summed E-state index contributed by atoms with van der Waals surface area (Å²) < 4.78 is 0.479. The molecule has 1 amide bonds. The molecule has 0 heterocycles. The maximum atomic E-state index is 11.8. The summed E-state index contributed by atoms with van der Waals surface area (Å²) in [5.74, 6) is -2.35. The van der Waals surface area contributed by atoms with Gasteiger partial charge >= 0.3 is 149 Å². The van der Waals surface area contributed by atoms with Crippen LogP contribution in [0.15, 0.2) is 0 Å². The Balaban J connectivity index is 4.59. The normalized spacial score (nSPS) is 12.8. The average Bonchev–Trinajstić information content (AvgIpc) is 2.46. The average molecular weight is 461 g/mol. The van der Waals surface area contributed by atoms with Gasteiger partial charge in [-0.2, -0.15) is 0 Å². The number of carboxylic acid groups (broad SMARTS) is 2. The molecule has 0 aromatic rings. The van der Waals surface area contributed by atoms with Gasteiger partial charge in [0.2, 0.25) is 0 Å². The molecule has 124 valence electrons. The molecule has 0 aromatic carbocycles. The molecule has 0 radical (unpaired) electrons. The van der Waals surface area contributed by atoms with Crippen LogP contribution >= 0.6 is 12.6 Å². The Labute approximate surface area is 148 Å². The molecule has 0 fully saturated rings. The van der Waals surface area contributed by atoms with Crippen molar-refractivity contribution in [3.8, 4) is 0 Å². The van der Waals surface area contributed by atoms with Crippen molar-refractivity contribution in [2.45, 2.75) is 24.9 Å². The first-order valence-electron chi connectivity index (χ1n) is 6.09. The fourth-order valence-electron chi connectivity index (χ4n) is 1.38. The van der Waals surface area contributed by atoms with Gasteiger partial charge in [-0.15, -0.1) is 0 Å². The first-order valence-corrected chi connectivity index (χ1v) is 8.56. The number of carbonyl (C=O) groups excluding carboxylic acids is 1. The molecule has 2 atom stereocenters. The van der Waals surface area contributed by atoms with Gasteiger partial charge in [0.25, 0.3) is 0 Å². The molecule has 0 aliphatic rings. The van der Waals surface area contributed by atoms with E-state index in [1.165, 1.54) is 9.94 Å². The minimum atomic E-state index is -1.17. The van der Waals surface area contributed by atoms with Gasteiger partial charge in [-0.25, -0.2) is 0 Å². The number of hydrogen-bond donors (Lipinski definition) is 5. The van der Waals surface area contributed by atoms with E-state index in [9.17, 15) is 14.4 Å². The Hall–Kier alpha value is -0.701. The SMILES string of the molecule is NC(CCC(=O)NC(CS)C(=[Se])N(C=[Se])CC(=O)O)C(=O)O. The number of nitrogens with one attached hydrogen (secondary N) is 1. The van der Waals surface area contributed by atoms with Crippen molar-refractivity contribution >= 4 is 71.2 Å². The van der Waals surface area contributed by atoms with Crippen LogP contribution in [0.3, 0.4) is 0 Å². The Morgan fingerprint density at radius 1 is 1.36 bits per heavy atom. The maximum absolute atomic E-state index is 11.8. The van der Waals surface area contributed by atoms with Crippen LogP contribution in [0, 0.1) is 0 Å². The summed E-state index contributed by atoms with van der Waals surface area (Å²) in [5.41, 5.74) is 5.32. The van der Waals surface area contributed by atoms with E-state index in [4.69, 9.17) is 15.9 Å². The number of nitrogens with zero attached hydrogens (tertiary/aromatic N) is 1. The van der Waals surface area contributed by atoms with Gasteiger partial charge in [-0.3, -0.25) is 0 Å². The first kappa shape index (κ1) is 21.3. The van der Waals surface area contributed by atoms with E-state index < -0.39 is 24.0 Å². The second-order valence-electron chi connectivity index (χ2n) is 4.25. The molecule has 0 spiro atoms. The third-order valence-electron chi connectivity index (χ3n) is 2.53. The predicted molar refractivity (Wildman–Crippen MR) is 87.5 cm³/mol. The van der Waals surface area contributed by atoms with Crippen molar-refractivity contribution in [3.05, 3.63) is 0 Å². The van der Waals surface area contributed by atoms with Gasteiger partial charge in [0.1, 0.15) is 0 Å². The summed E-state index contributed by atoms with van der Waals surface area (Å²) in [6, 6.07) is -1.63. The zero-order chi connectivity index (χ0) is 17.3. The quantitative estimate of drug-likeness (QED) is 0.166. The van der Waals surface area contributed by atoms with E-state index in [0.717, 1.165) is 0 Å². The van der Waals surface area contributed by atoms with Crippen molar-refractivity contribution in [1.82, 2.24) is 10.2 Å². The van der Waals surface area contributed by atoms with Crippen molar-refractivity contribution in [1.29, 1.82) is 0 Å². The van der Waals surface area contributed by atoms with Crippen LogP contribution in [0.1, 0.15) is 12.8 Å². The summed E-state index contributed by atoms with van der Waals surface area (Å²) in [7, 11) is 0. The summed E-state index contributed by atoms with van der Waals surface area (Å²) in [6.45, 7) is -0.278. The third kappa shape index (κ3) is 8.07. The molecule has 0 rings (SSSR count). The molecular formula is C11H17N3O5SSe2. The molecule has 0 aliphatic heterocycles. The minimum absolute atomic E-state index is 0.00966. The van der Waals surface area contributed by atoms with E-state index in [1.807, 2.05) is 0 Å². The monoisotopic (exact) mass is 463 g/mol. The van der Waals surface area contributed by atoms with Gasteiger partial charge in [-0.05, 0) is 0 Å². The van der Waals surface area contributed by atoms with Crippen LogP contribution < -0.4 is 11.1 Å². The fraction of sp³-hybridized carbons (Fsp3) is 0.545. The molecule has 0 bridgehead atoms. The molecule has 0 aromatic heterocycles. The van der Waals surface area contributed by atoms with Crippen LogP contribution in [-0.2, 0) is 14.4 Å². The van der Waals surface area contributed by atoms with Crippen molar-refractivity contribution in [2.24, 2.45) is 5.73 Å². The number of hydrogen-bond acceptors (Lipinski definition) is 6. The van der Waals surface area contributed by atoms with E-state index in [-0.39, 0.29) is 31.0 Å². The molecule has 8 nitrogen and oxygen atoms in total. The topological polar surface area (TPSA) is 133 Å². The van der Waals surface area contributed by atoms with E-state index in [1.54, 1.807) is 0 Å². The summed E-state index contributed by atoms with van der Waals surface area (Å²) in [6.07, 6.45) is -0.0400. The third-order valence-corrected chi connectivity index (χ3v) is 4.52. The van der Waals surface area contributed by atoms with Crippen molar-refractivity contribution < 1.29 is 24.6 Å². The second kappa shape index (κ2) is 10.9. The zero-order valence-corrected chi connectivity index (χ0v) is 15.8. The standard InChI is InChI=1S/C11H17N3O5SSe2/c12-6(11(18)19)1-2-8(15)13-7(4-20)10(22)14(5-21)3-9(16)17/h5-7,20H,1-4,12H2,(H,13,15)(H,16,17)(H,18,19). The summed E-state index contributed by atoms with van der Waals surface area (Å²) >= 11 is 9.43. The molecule has 5 N–H and O–H groups in total. The van der Waals surface area contributed by atoms with Crippen LogP contribution in [-0.4, -0.2) is 98.1 Å². The Kier molecular flexibility index (Phi) is 10.6. The van der Waals surface area contributed by atoms with Crippen LogP contribution in [0.25, 0.3) is 0 Å². The predicted octanol–water partition coefficient (Wildman–Crippen LogP) is -2.79. The summed E-state index contributed by atoms with van der Waals surface area (Å²) in [4.78, 5) is 34.5. The van der Waals surface area contributed by atoms with Crippen molar-refractivity contribution in [3.63, 3.8) is 0 Å². The van der Waals surface area contributed by atoms with Gasteiger partial charge < -0.3 is 0 Å². The number of carboxylic acids is 2. The number of rotatable bonds is 11. The number of carbonyl (C=O) groups is 3. The summed E-state index contributed by atoms with van der Waals surface area (Å²) in [5, 5.41) is 21.6. The van der Waals surface area contributed by atoms with Crippen LogP contribution in [0.4, 0.5) is 0 Å². The zero-order valence-electron chi connectivity index (χ0n) is 11.5. The Morgan fingerprint density at radius 2 is 1.95 bits per heavy atom. The molecule has 2 unspecified atom stereocenters. The molecule has 11 heteroatoms. The van der Waals surface area contributed by atoms with E-state index >= 15 is 0 Å². The van der Waals surface area contributed by atoms with Gasteiger partial charge in [0, 0.05) is 0 Å². The number of amides is 1.